The van der Waals surface area contributed by atoms with Gasteiger partial charge in [-0.3, -0.25) is 9.59 Å². The number of aromatic nitrogens is 1. The average Bonchev–Trinajstić information content (AvgIpc) is 3.34. The van der Waals surface area contributed by atoms with E-state index in [1.54, 1.807) is 69.7 Å². The van der Waals surface area contributed by atoms with Crippen LogP contribution in [0.15, 0.2) is 54.9 Å². The predicted octanol–water partition coefficient (Wildman–Crippen LogP) is 5.55. The number of thiophene rings is 1. The van der Waals surface area contributed by atoms with Crippen LogP contribution in [0.25, 0.3) is 10.1 Å². The van der Waals surface area contributed by atoms with Gasteiger partial charge in [-0.2, -0.15) is 0 Å². The van der Waals surface area contributed by atoms with E-state index in [4.69, 9.17) is 9.36 Å². The van der Waals surface area contributed by atoms with Crippen molar-refractivity contribution in [1.29, 1.82) is 0 Å². The van der Waals surface area contributed by atoms with Crippen LogP contribution in [0.3, 0.4) is 0 Å². The lowest BCUT2D eigenvalue weighted by atomic mass is 10.2. The summed E-state index contributed by atoms with van der Waals surface area (Å²) in [5, 5.41) is 6.30. The number of amides is 1. The molecule has 35 heavy (non-hydrogen) atoms. The number of rotatable bonds is 9. The zero-order valence-electron chi connectivity index (χ0n) is 21.4. The minimum atomic E-state index is -1.95. The molecule has 192 valence electrons. The first-order chi connectivity index (χ1) is 16.9. The molecule has 0 saturated heterocycles. The number of nitrogens with zero attached hydrogens (tertiary/aromatic N) is 1. The number of esters is 1. The van der Waals surface area contributed by atoms with E-state index in [0.29, 0.717) is 10.4 Å². The second kappa shape index (κ2) is 16.1. The maximum absolute atomic E-state index is 15.7. The summed E-state index contributed by atoms with van der Waals surface area (Å²) in [5.41, 5.74) is 0.389. The van der Waals surface area contributed by atoms with Crippen molar-refractivity contribution in [3.63, 3.8) is 0 Å². The Morgan fingerprint density at radius 3 is 2.37 bits per heavy atom. The predicted molar refractivity (Wildman–Crippen MR) is 141 cm³/mol. The summed E-state index contributed by atoms with van der Waals surface area (Å²) >= 11 is 1.34. The molecule has 3 unspecified atom stereocenters. The first-order valence-electron chi connectivity index (χ1n) is 11.7. The molecule has 1 amide bonds. The number of carbonyl (C=O) groups is 2. The molecule has 3 rings (SSSR count). The van der Waals surface area contributed by atoms with Gasteiger partial charge in [0, 0.05) is 28.6 Å². The SMILES string of the molecule is CC.CC.CCOC(=O)C(C)NP(O[n+]1ccccc1)C(F)c1ccc2sc(C(=O)NC)cc2c1. The Hall–Kier alpha value is -2.61. The first-order valence-corrected chi connectivity index (χ1v) is 13.8. The van der Waals surface area contributed by atoms with Crippen molar-refractivity contribution in [2.75, 3.05) is 13.7 Å². The van der Waals surface area contributed by atoms with E-state index in [2.05, 4.69) is 10.4 Å². The lowest BCUT2D eigenvalue weighted by Gasteiger charge is -2.21. The summed E-state index contributed by atoms with van der Waals surface area (Å²) < 4.78 is 28.8. The number of carbonyl (C=O) groups excluding carboxylic acids is 2. The first kappa shape index (κ1) is 30.4. The van der Waals surface area contributed by atoms with Crippen molar-refractivity contribution in [3.05, 3.63) is 65.3 Å². The van der Waals surface area contributed by atoms with Crippen LogP contribution < -0.4 is 19.8 Å². The van der Waals surface area contributed by atoms with Gasteiger partial charge >= 0.3 is 5.97 Å². The average molecular weight is 525 g/mol. The lowest BCUT2D eigenvalue weighted by molar-refractivity contribution is -0.857. The number of fused-ring (bicyclic) bond motifs is 1. The largest absolute Gasteiger partial charge is 0.465 e. The summed E-state index contributed by atoms with van der Waals surface area (Å²) in [6.07, 6.45) is 3.30. The monoisotopic (exact) mass is 524 g/mol. The van der Waals surface area contributed by atoms with E-state index in [0.717, 1.165) is 10.1 Å². The topological polar surface area (TPSA) is 80.5 Å². The Morgan fingerprint density at radius 1 is 1.11 bits per heavy atom. The van der Waals surface area contributed by atoms with E-state index in [1.165, 1.54) is 16.1 Å². The molecule has 2 heterocycles. The second-order valence-corrected chi connectivity index (χ2v) is 9.18. The Balaban J connectivity index is 0.00000145. The third kappa shape index (κ3) is 8.84. The molecule has 10 heteroatoms. The van der Waals surface area contributed by atoms with Crippen molar-refractivity contribution in [1.82, 2.24) is 10.4 Å². The molecule has 2 aromatic heterocycles. The molecule has 0 saturated carbocycles. The fourth-order valence-electron chi connectivity index (χ4n) is 2.76. The number of benzene rings is 1. The number of ether oxygens (including phenoxy) is 1. The molecule has 0 bridgehead atoms. The molecule has 0 aliphatic carbocycles. The fourth-order valence-corrected chi connectivity index (χ4v) is 5.24. The van der Waals surface area contributed by atoms with E-state index in [-0.39, 0.29) is 12.5 Å². The van der Waals surface area contributed by atoms with Crippen LogP contribution in [-0.2, 0) is 9.53 Å². The van der Waals surface area contributed by atoms with Crippen LogP contribution in [0.2, 0.25) is 0 Å². The number of hydrogen-bond acceptors (Lipinski definition) is 6. The van der Waals surface area contributed by atoms with Crippen LogP contribution in [0.4, 0.5) is 4.39 Å². The third-order valence-electron chi connectivity index (χ3n) is 4.30. The molecular weight excluding hydrogens is 488 g/mol. The van der Waals surface area contributed by atoms with E-state index in [9.17, 15) is 9.59 Å². The standard InChI is InChI=1S/C21H23FN3O4PS.2C2H6/c1-4-28-21(27)14(2)24-30(29-25-10-6-5-7-11-25)19(22)15-8-9-17-16(12-15)13-18(31-17)20(26)23-3;2*1-2/h5-14,19,24H,4H2,1-3H3;2*1-2H3/p+1. The summed E-state index contributed by atoms with van der Waals surface area (Å²) in [6.45, 7) is 11.6. The van der Waals surface area contributed by atoms with Gasteiger partial charge in [0.25, 0.3) is 14.2 Å². The van der Waals surface area contributed by atoms with Crippen molar-refractivity contribution in [2.24, 2.45) is 0 Å². The van der Waals surface area contributed by atoms with Gasteiger partial charge in [0.2, 0.25) is 18.3 Å². The molecule has 0 fully saturated rings. The zero-order valence-corrected chi connectivity index (χ0v) is 23.1. The van der Waals surface area contributed by atoms with Crippen molar-refractivity contribution >= 4 is 41.6 Å². The molecule has 3 aromatic rings. The summed E-state index contributed by atoms with van der Waals surface area (Å²) in [7, 11) is -0.384. The van der Waals surface area contributed by atoms with Crippen molar-refractivity contribution in [3.8, 4) is 0 Å². The summed E-state index contributed by atoms with van der Waals surface area (Å²) in [4.78, 5) is 24.5. The van der Waals surface area contributed by atoms with Gasteiger partial charge in [0.05, 0.1) is 11.5 Å². The van der Waals surface area contributed by atoms with E-state index >= 15 is 4.39 Å². The number of pyridine rings is 1. The molecule has 2 N–H and O–H groups in total. The van der Waals surface area contributed by atoms with Gasteiger partial charge in [-0.25, -0.2) is 14.1 Å². The molecular formula is C25H36FN3O4PS+. The molecule has 7 nitrogen and oxygen atoms in total. The van der Waals surface area contributed by atoms with Crippen LogP contribution >= 0.6 is 19.6 Å². The Kier molecular flexibility index (Phi) is 14.0. The van der Waals surface area contributed by atoms with Gasteiger partial charge in [-0.1, -0.05) is 39.8 Å². The van der Waals surface area contributed by atoms with Gasteiger partial charge in [-0.15, -0.1) is 11.3 Å². The highest BCUT2D eigenvalue weighted by Crippen LogP contribution is 2.47. The summed E-state index contributed by atoms with van der Waals surface area (Å²) in [6, 6.07) is 11.5. The Morgan fingerprint density at radius 2 is 1.77 bits per heavy atom. The van der Waals surface area contributed by atoms with Gasteiger partial charge < -0.3 is 10.1 Å². The maximum Gasteiger partial charge on any atom is 0.323 e. The highest BCUT2D eigenvalue weighted by Gasteiger charge is 2.34. The number of hydrogen-bond donors (Lipinski definition) is 2. The second-order valence-electron chi connectivity index (χ2n) is 6.57. The smallest absolute Gasteiger partial charge is 0.323 e. The number of nitrogens with one attached hydrogen (secondary N) is 2. The normalized spacial score (nSPS) is 12.7. The van der Waals surface area contributed by atoms with Crippen LogP contribution in [0.1, 0.15) is 62.7 Å². The minimum absolute atomic E-state index is 0.185. The van der Waals surface area contributed by atoms with E-state index in [1.807, 2.05) is 33.8 Å². The highest BCUT2D eigenvalue weighted by atomic mass is 32.1. The molecule has 3 atom stereocenters. The minimum Gasteiger partial charge on any atom is -0.465 e. The Labute approximate surface area is 212 Å². The fraction of sp³-hybridized carbons (Fsp3) is 0.400. The zero-order chi connectivity index (χ0) is 26.4. The van der Waals surface area contributed by atoms with Crippen molar-refractivity contribution < 1.29 is 28.1 Å². The maximum atomic E-state index is 15.7. The van der Waals surface area contributed by atoms with Gasteiger partial charge in [0.1, 0.15) is 6.04 Å². The number of alkyl halides is 1. The molecule has 0 aliphatic rings. The summed E-state index contributed by atoms with van der Waals surface area (Å²) in [5.74, 6) is -2.20. The molecule has 0 aliphatic heterocycles. The quantitative estimate of drug-likeness (QED) is 0.218. The molecule has 0 spiro atoms. The number of halogens is 1. The molecule has 0 radical (unpaired) electrons. The van der Waals surface area contributed by atoms with Crippen LogP contribution in [-0.4, -0.2) is 31.6 Å². The van der Waals surface area contributed by atoms with Crippen LogP contribution in [0.5, 0.6) is 0 Å². The van der Waals surface area contributed by atoms with E-state index < -0.39 is 26.2 Å². The van der Waals surface area contributed by atoms with Gasteiger partial charge in [0.15, 0.2) is 0 Å². The van der Waals surface area contributed by atoms with Gasteiger partial charge in [-0.05, 0) is 43.0 Å². The van der Waals surface area contributed by atoms with Crippen molar-refractivity contribution in [2.45, 2.75) is 53.5 Å². The molecule has 1 aromatic carbocycles. The lowest BCUT2D eigenvalue weighted by Crippen LogP contribution is -2.44. The Bertz CT molecular complexity index is 1050. The van der Waals surface area contributed by atoms with Crippen LogP contribution in [0, 0.1) is 0 Å². The third-order valence-corrected chi connectivity index (χ3v) is 7.13. The highest BCUT2D eigenvalue weighted by molar-refractivity contribution is 7.50.